The number of sulfone groups is 1. The highest BCUT2D eigenvalue weighted by molar-refractivity contribution is 7.90. The van der Waals surface area contributed by atoms with Gasteiger partial charge in [-0.1, -0.05) is 43.4 Å². The highest BCUT2D eigenvalue weighted by Gasteiger charge is 2.28. The highest BCUT2D eigenvalue weighted by atomic mass is 35.5. The van der Waals surface area contributed by atoms with Crippen LogP contribution in [0.3, 0.4) is 0 Å². The Bertz CT molecular complexity index is 1080. The molecule has 0 bridgehead atoms. The van der Waals surface area contributed by atoms with E-state index in [4.69, 9.17) is 21.1 Å². The first kappa shape index (κ1) is 24.1. The summed E-state index contributed by atoms with van der Waals surface area (Å²) in [6.07, 6.45) is 9.58. The van der Waals surface area contributed by atoms with Gasteiger partial charge >= 0.3 is 0 Å². The molecular weight excluding hydrogens is 466 g/mol. The number of nitrogens with zero attached hydrogens (tertiary/aromatic N) is 2. The van der Waals surface area contributed by atoms with E-state index >= 15 is 0 Å². The summed E-state index contributed by atoms with van der Waals surface area (Å²) in [5, 5.41) is 2.99. The third kappa shape index (κ3) is 6.29. The van der Waals surface area contributed by atoms with Crippen molar-refractivity contribution in [1.29, 1.82) is 0 Å². The minimum absolute atomic E-state index is 0.0598. The first-order chi connectivity index (χ1) is 15.8. The molecule has 2 aromatic rings. The molecule has 2 fully saturated rings. The van der Waals surface area contributed by atoms with Crippen LogP contribution in [0.4, 0.5) is 5.82 Å². The fourth-order valence-corrected chi connectivity index (χ4v) is 5.78. The van der Waals surface area contributed by atoms with Gasteiger partial charge in [-0.3, -0.25) is 9.78 Å². The van der Waals surface area contributed by atoms with Crippen LogP contribution in [-0.2, 0) is 30.5 Å². The molecule has 10 heteroatoms. The van der Waals surface area contributed by atoms with E-state index in [0.717, 1.165) is 31.9 Å². The average Bonchev–Trinajstić information content (AvgIpc) is 3.46. The fourth-order valence-electron chi connectivity index (χ4n) is 4.44. The predicted molar refractivity (Wildman–Crippen MR) is 124 cm³/mol. The molecule has 1 amide bonds. The van der Waals surface area contributed by atoms with Crippen molar-refractivity contribution in [2.24, 2.45) is 5.92 Å². The molecule has 0 spiro atoms. The van der Waals surface area contributed by atoms with E-state index in [1.807, 2.05) is 0 Å². The van der Waals surface area contributed by atoms with Crippen molar-refractivity contribution in [3.8, 4) is 0 Å². The molecule has 1 aromatic heterocycles. The second-order valence-corrected chi connectivity index (χ2v) is 11.0. The van der Waals surface area contributed by atoms with Crippen LogP contribution in [0.1, 0.15) is 49.3 Å². The van der Waals surface area contributed by atoms with E-state index in [2.05, 4.69) is 15.3 Å². The number of carbonyl (C=O) groups is 1. The van der Waals surface area contributed by atoms with Gasteiger partial charge in [-0.15, -0.1) is 0 Å². The number of ether oxygens (including phenoxy) is 2. The van der Waals surface area contributed by atoms with Crippen LogP contribution >= 0.6 is 11.6 Å². The molecule has 8 nitrogen and oxygen atoms in total. The Balaban J connectivity index is 1.50. The quantitative estimate of drug-likeness (QED) is 0.596. The molecule has 1 aliphatic carbocycles. The predicted octanol–water partition coefficient (Wildman–Crippen LogP) is 3.75. The van der Waals surface area contributed by atoms with Gasteiger partial charge in [-0.05, 0) is 30.0 Å². The summed E-state index contributed by atoms with van der Waals surface area (Å²) in [6.45, 7) is 1.15. The van der Waals surface area contributed by atoms with Crippen molar-refractivity contribution in [1.82, 2.24) is 9.97 Å². The zero-order valence-electron chi connectivity index (χ0n) is 18.5. The van der Waals surface area contributed by atoms with Crippen LogP contribution in [-0.4, -0.2) is 50.1 Å². The number of anilines is 1. The first-order valence-corrected chi connectivity index (χ1v) is 13.4. The van der Waals surface area contributed by atoms with E-state index in [1.54, 1.807) is 18.3 Å². The van der Waals surface area contributed by atoms with Crippen LogP contribution in [0.2, 0.25) is 5.02 Å². The molecule has 2 heterocycles. The summed E-state index contributed by atoms with van der Waals surface area (Å²) in [5.41, 5.74) is 1.41. The van der Waals surface area contributed by atoms with Gasteiger partial charge < -0.3 is 14.8 Å². The van der Waals surface area contributed by atoms with Crippen LogP contribution in [0.15, 0.2) is 35.5 Å². The summed E-state index contributed by atoms with van der Waals surface area (Å²) in [4.78, 5) is 22.0. The van der Waals surface area contributed by atoms with Crippen molar-refractivity contribution >= 4 is 33.2 Å². The Morgan fingerprint density at radius 1 is 1.18 bits per heavy atom. The van der Waals surface area contributed by atoms with Crippen LogP contribution < -0.4 is 5.32 Å². The zero-order valence-corrected chi connectivity index (χ0v) is 20.1. The SMILES string of the molecule is CS(=O)(=O)c1ccc([C@@H](CC2CCCC2)C(=O)Nc2cnc(CC3OCCO3)cn2)cc1Cl. The minimum Gasteiger partial charge on any atom is -0.350 e. The number of rotatable bonds is 8. The molecule has 0 unspecified atom stereocenters. The first-order valence-electron chi connectivity index (χ1n) is 11.1. The van der Waals surface area contributed by atoms with Gasteiger partial charge in [0.15, 0.2) is 21.9 Å². The van der Waals surface area contributed by atoms with Crippen LogP contribution in [0.5, 0.6) is 0 Å². The van der Waals surface area contributed by atoms with Crippen molar-refractivity contribution in [3.05, 3.63) is 46.9 Å². The van der Waals surface area contributed by atoms with Gasteiger partial charge in [0.1, 0.15) is 0 Å². The third-order valence-electron chi connectivity index (χ3n) is 6.14. The van der Waals surface area contributed by atoms with Gasteiger partial charge in [-0.2, -0.15) is 0 Å². The Hall–Kier alpha value is -2.07. The van der Waals surface area contributed by atoms with Crippen molar-refractivity contribution in [3.63, 3.8) is 0 Å². The summed E-state index contributed by atoms with van der Waals surface area (Å²) < 4.78 is 34.7. The maximum Gasteiger partial charge on any atom is 0.233 e. The third-order valence-corrected chi connectivity index (χ3v) is 7.72. The smallest absolute Gasteiger partial charge is 0.233 e. The van der Waals surface area contributed by atoms with E-state index in [9.17, 15) is 13.2 Å². The molecule has 1 saturated heterocycles. The second kappa shape index (κ2) is 10.5. The highest BCUT2D eigenvalue weighted by Crippen LogP contribution is 2.36. The number of carbonyl (C=O) groups excluding carboxylic acids is 1. The van der Waals surface area contributed by atoms with Crippen molar-refractivity contribution in [2.75, 3.05) is 24.8 Å². The summed E-state index contributed by atoms with van der Waals surface area (Å²) in [7, 11) is -3.45. The van der Waals surface area contributed by atoms with Gasteiger partial charge in [-0.25, -0.2) is 13.4 Å². The van der Waals surface area contributed by atoms with Crippen molar-refractivity contribution < 1.29 is 22.7 Å². The van der Waals surface area contributed by atoms with Gasteiger partial charge in [0.2, 0.25) is 5.91 Å². The van der Waals surface area contributed by atoms with E-state index in [-0.39, 0.29) is 22.1 Å². The molecule has 4 rings (SSSR count). The minimum atomic E-state index is -3.45. The lowest BCUT2D eigenvalue weighted by molar-refractivity contribution is -0.118. The lowest BCUT2D eigenvalue weighted by atomic mass is 9.87. The Morgan fingerprint density at radius 3 is 2.52 bits per heavy atom. The lowest BCUT2D eigenvalue weighted by Crippen LogP contribution is -2.24. The molecule has 33 heavy (non-hydrogen) atoms. The summed E-state index contributed by atoms with van der Waals surface area (Å²) in [6, 6.07) is 4.75. The fraction of sp³-hybridized carbons (Fsp3) is 0.522. The topological polar surface area (TPSA) is 107 Å². The van der Waals surface area contributed by atoms with Crippen LogP contribution in [0, 0.1) is 5.92 Å². The lowest BCUT2D eigenvalue weighted by Gasteiger charge is -2.21. The monoisotopic (exact) mass is 493 g/mol. The molecule has 1 N–H and O–H groups in total. The molecular formula is C23H28ClN3O5S. The summed E-state index contributed by atoms with van der Waals surface area (Å²) in [5.74, 6) is 0.108. The largest absolute Gasteiger partial charge is 0.350 e. The number of halogens is 1. The molecule has 0 radical (unpaired) electrons. The number of hydrogen-bond acceptors (Lipinski definition) is 7. The molecule has 2 aliphatic rings. The van der Waals surface area contributed by atoms with E-state index < -0.39 is 15.8 Å². The zero-order chi connectivity index (χ0) is 23.4. The van der Waals surface area contributed by atoms with Crippen molar-refractivity contribution in [2.45, 2.75) is 55.6 Å². The normalized spacial score (nSPS) is 18.5. The number of benzene rings is 1. The molecule has 178 valence electrons. The standard InChI is InChI=1S/C23H28ClN3O5S/c1-33(29,30)20-7-6-16(11-19(20)24)18(10-15-4-2-3-5-15)23(28)27-21-14-25-17(13-26-21)12-22-31-8-9-32-22/h6-7,11,13-15,18,22H,2-5,8-10,12H2,1H3,(H,26,27,28)/t18-/m1/s1. The van der Waals surface area contributed by atoms with E-state index in [0.29, 0.717) is 49.0 Å². The Kier molecular flexibility index (Phi) is 7.63. The van der Waals surface area contributed by atoms with E-state index in [1.165, 1.54) is 12.3 Å². The number of hydrogen-bond donors (Lipinski definition) is 1. The maximum atomic E-state index is 13.3. The number of nitrogens with one attached hydrogen (secondary N) is 1. The number of amides is 1. The Morgan fingerprint density at radius 2 is 1.91 bits per heavy atom. The van der Waals surface area contributed by atoms with Crippen LogP contribution in [0.25, 0.3) is 0 Å². The maximum absolute atomic E-state index is 13.3. The van der Waals surface area contributed by atoms with Gasteiger partial charge in [0.05, 0.1) is 47.1 Å². The Labute approximate surface area is 199 Å². The average molecular weight is 494 g/mol. The molecule has 1 saturated carbocycles. The summed E-state index contributed by atoms with van der Waals surface area (Å²) >= 11 is 6.27. The molecule has 1 aromatic carbocycles. The van der Waals surface area contributed by atoms with Gasteiger partial charge in [0, 0.05) is 12.7 Å². The molecule has 1 atom stereocenters. The number of aromatic nitrogens is 2. The second-order valence-electron chi connectivity index (χ2n) is 8.66. The van der Waals surface area contributed by atoms with Gasteiger partial charge in [0.25, 0.3) is 0 Å². The molecule has 1 aliphatic heterocycles.